The van der Waals surface area contributed by atoms with E-state index in [-0.39, 0.29) is 98.7 Å². The molecule has 1 amide bonds. The molecule has 2 N–H and O–H groups in total. The van der Waals surface area contributed by atoms with Gasteiger partial charge in [-0.3, -0.25) is 20.2 Å². The predicted molar refractivity (Wildman–Crippen MR) is 173 cm³/mol. The van der Waals surface area contributed by atoms with Crippen molar-refractivity contribution < 1.29 is 73.7 Å². The molecule has 0 spiro atoms. The first-order valence-electron chi connectivity index (χ1n) is 12.8. The van der Waals surface area contributed by atoms with Gasteiger partial charge in [0.25, 0.3) is 0 Å². The van der Waals surface area contributed by atoms with E-state index in [0.29, 0.717) is 45.0 Å². The van der Waals surface area contributed by atoms with Crippen molar-refractivity contribution in [1.82, 2.24) is 29.1 Å². The molecule has 0 radical (unpaired) electrons. The third-order valence-electron chi connectivity index (χ3n) is 6.17. The maximum absolute atomic E-state index is 13.2. The Bertz CT molecular complexity index is 1630. The van der Waals surface area contributed by atoms with Crippen LogP contribution < -0.4 is 74.2 Å². The molecule has 0 saturated heterocycles. The normalized spacial score (nSPS) is 14.5. The Labute approximate surface area is 326 Å². The SMILES string of the molecule is C=N/C(C)=C/C(=N)Cl.CC.Cn1cnc(-c2ncc(NC(=O)C3CC(C)(C)c4c3cnc3cc(Cl)nn43)cc2Cl)c1.[CH3-].[Cs+]. The Morgan fingerprint density at radius 3 is 2.42 bits per heavy atom. The number of halogens is 3. The van der Waals surface area contributed by atoms with Crippen LogP contribution in [0.3, 0.4) is 0 Å². The Hall–Kier alpha value is -1.55. The number of aromatic nitrogens is 6. The third kappa shape index (κ3) is 9.72. The van der Waals surface area contributed by atoms with Gasteiger partial charge in [0, 0.05) is 42.2 Å². The molecule has 1 unspecified atom stereocenters. The van der Waals surface area contributed by atoms with Gasteiger partial charge in [-0.05, 0) is 32.2 Å². The summed E-state index contributed by atoms with van der Waals surface area (Å²) in [5, 5.41) is 14.8. The first-order chi connectivity index (χ1) is 19.4. The summed E-state index contributed by atoms with van der Waals surface area (Å²) in [5.74, 6) is -0.520. The zero-order valence-electron chi connectivity index (χ0n) is 25.7. The molecule has 0 aromatic carbocycles. The van der Waals surface area contributed by atoms with E-state index in [0.717, 1.165) is 11.3 Å². The molecule has 0 bridgehead atoms. The summed E-state index contributed by atoms with van der Waals surface area (Å²) in [6.45, 7) is 13.1. The van der Waals surface area contributed by atoms with Crippen LogP contribution in [0.1, 0.15) is 58.2 Å². The molecular weight excluding hydrogens is 730 g/mol. The monoisotopic (exact) mass is 763 g/mol. The molecule has 0 saturated carbocycles. The summed E-state index contributed by atoms with van der Waals surface area (Å²) in [7, 11) is 1.87. The molecule has 43 heavy (non-hydrogen) atoms. The predicted octanol–water partition coefficient (Wildman–Crippen LogP) is 4.52. The van der Waals surface area contributed by atoms with Crippen LogP contribution in [0.2, 0.25) is 10.2 Å². The minimum atomic E-state index is -0.376. The number of allylic oxidation sites excluding steroid dienone is 2. The first kappa shape index (κ1) is 39.5. The van der Waals surface area contributed by atoms with Gasteiger partial charge in [0.05, 0.1) is 34.8 Å². The van der Waals surface area contributed by atoms with E-state index in [4.69, 9.17) is 40.2 Å². The van der Waals surface area contributed by atoms with Crippen molar-refractivity contribution in [2.75, 3.05) is 5.32 Å². The molecule has 14 heteroatoms. The summed E-state index contributed by atoms with van der Waals surface area (Å²) in [5.41, 5.74) is 4.61. The van der Waals surface area contributed by atoms with Gasteiger partial charge in [-0.1, -0.05) is 62.5 Å². The maximum atomic E-state index is 13.2. The minimum Gasteiger partial charge on any atom is -0.358 e. The largest absolute Gasteiger partial charge is 1.00 e. The average molecular weight is 765 g/mol. The second-order valence-corrected chi connectivity index (χ2v) is 10.9. The number of anilines is 1. The second-order valence-electron chi connectivity index (χ2n) is 9.70. The number of nitrogens with zero attached hydrogens (tertiary/aromatic N) is 7. The van der Waals surface area contributed by atoms with E-state index in [1.54, 1.807) is 42.3 Å². The number of imidazole rings is 1. The van der Waals surface area contributed by atoms with Crippen LogP contribution in [0.5, 0.6) is 0 Å². The number of nitrogens with one attached hydrogen (secondary N) is 2. The van der Waals surface area contributed by atoms with Crippen LogP contribution in [-0.2, 0) is 17.3 Å². The Morgan fingerprint density at radius 2 is 1.88 bits per heavy atom. The quantitative estimate of drug-likeness (QED) is 0.229. The number of aliphatic imine (C=N–C) groups is 1. The Balaban J connectivity index is 0.000000675. The fraction of sp³-hybridized carbons (Fsp3) is 0.310. The molecule has 4 aromatic rings. The van der Waals surface area contributed by atoms with Gasteiger partial charge in [-0.2, -0.15) is 5.10 Å². The van der Waals surface area contributed by atoms with Crippen LogP contribution in [0.4, 0.5) is 5.69 Å². The van der Waals surface area contributed by atoms with E-state index in [1.807, 2.05) is 31.7 Å². The number of fused-ring (bicyclic) bond motifs is 3. The third-order valence-corrected chi connectivity index (χ3v) is 6.75. The number of carbonyl (C=O) groups excluding carboxylic acids is 1. The number of hydrogen-bond donors (Lipinski definition) is 2. The van der Waals surface area contributed by atoms with Gasteiger partial charge in [-0.15, -0.1) is 0 Å². The summed E-state index contributed by atoms with van der Waals surface area (Å²) in [6.07, 6.45) is 8.90. The van der Waals surface area contributed by atoms with Gasteiger partial charge >= 0.3 is 68.9 Å². The fourth-order valence-electron chi connectivity index (χ4n) is 4.49. The Kier molecular flexibility index (Phi) is 15.8. The van der Waals surface area contributed by atoms with Crippen molar-refractivity contribution in [2.24, 2.45) is 12.0 Å². The number of rotatable bonds is 5. The van der Waals surface area contributed by atoms with E-state index < -0.39 is 0 Å². The number of aryl methyl sites for hydroxylation is 1. The number of carbonyl (C=O) groups is 1. The smallest absolute Gasteiger partial charge is 0.358 e. The molecule has 0 fully saturated rings. The molecule has 0 aliphatic heterocycles. The van der Waals surface area contributed by atoms with E-state index >= 15 is 0 Å². The average Bonchev–Trinajstić information content (AvgIpc) is 3.59. The van der Waals surface area contributed by atoms with Crippen molar-refractivity contribution in [3.05, 3.63) is 77.7 Å². The molecule has 1 atom stereocenters. The van der Waals surface area contributed by atoms with E-state index in [9.17, 15) is 4.79 Å². The van der Waals surface area contributed by atoms with Gasteiger partial charge in [0.1, 0.15) is 16.6 Å². The standard InChI is InChI=1S/C21H19Cl2N7O.C5H7ClN2.C2H6.CH3.Cs/c1-21(2)6-12(13-8-24-17-5-16(23)28-30(17)19(13)21)20(31)27-11-4-14(22)18(25-7-11)15-9-29(3)10-26-15;1-4(8-2)3-5(6)7;1-2;;/h4-5,7-10,12H,6H2,1-3H3,(H,27,31);3,7H,2H2,1H3;1-2H3;1H3;/q;;;-1;+1/b;4-3+,7-5?;;;. The molecule has 5 rings (SSSR count). The molecule has 1 aliphatic carbocycles. The van der Waals surface area contributed by atoms with Crippen molar-refractivity contribution in [2.45, 2.75) is 52.4 Å². The van der Waals surface area contributed by atoms with Gasteiger partial charge in [-0.25, -0.2) is 14.5 Å². The molecule has 4 heterocycles. The van der Waals surface area contributed by atoms with Crippen LogP contribution >= 0.6 is 34.8 Å². The van der Waals surface area contributed by atoms with Crippen LogP contribution in [-0.4, -0.2) is 46.9 Å². The van der Waals surface area contributed by atoms with Gasteiger partial charge in [0.15, 0.2) is 10.8 Å². The fourth-order valence-corrected chi connectivity index (χ4v) is 5.08. The topological polar surface area (TPSA) is 126 Å². The van der Waals surface area contributed by atoms with Gasteiger partial charge < -0.3 is 17.3 Å². The van der Waals surface area contributed by atoms with Crippen LogP contribution in [0, 0.1) is 12.8 Å². The zero-order valence-corrected chi connectivity index (χ0v) is 34.3. The van der Waals surface area contributed by atoms with Crippen molar-refractivity contribution in [3.8, 4) is 11.4 Å². The van der Waals surface area contributed by atoms with Crippen LogP contribution in [0.25, 0.3) is 17.0 Å². The minimum absolute atomic E-state index is 0. The first-order valence-corrected chi connectivity index (χ1v) is 13.9. The molecule has 4 aromatic heterocycles. The van der Waals surface area contributed by atoms with Crippen molar-refractivity contribution in [1.29, 1.82) is 5.41 Å². The van der Waals surface area contributed by atoms with Crippen molar-refractivity contribution in [3.63, 3.8) is 0 Å². The molecule has 1 aliphatic rings. The number of hydrogen-bond acceptors (Lipinski definition) is 7. The van der Waals surface area contributed by atoms with Crippen LogP contribution in [0.15, 0.2) is 53.8 Å². The number of amides is 1. The molecular formula is C29H35Cl3CsN9O. The van der Waals surface area contributed by atoms with Crippen molar-refractivity contribution >= 4 is 63.9 Å². The maximum Gasteiger partial charge on any atom is 1.00 e. The second kappa shape index (κ2) is 17.2. The van der Waals surface area contributed by atoms with E-state index in [2.05, 4.69) is 50.9 Å². The van der Waals surface area contributed by atoms with E-state index in [1.165, 1.54) is 6.08 Å². The zero-order chi connectivity index (χ0) is 30.5. The summed E-state index contributed by atoms with van der Waals surface area (Å²) in [4.78, 5) is 29.8. The summed E-state index contributed by atoms with van der Waals surface area (Å²) in [6, 6.07) is 3.40. The summed E-state index contributed by atoms with van der Waals surface area (Å²) < 4.78 is 3.56. The Morgan fingerprint density at radius 1 is 1.21 bits per heavy atom. The molecule has 10 nitrogen and oxygen atoms in total. The number of pyridine rings is 1. The molecule has 224 valence electrons. The van der Waals surface area contributed by atoms with Gasteiger partial charge in [0.2, 0.25) is 5.91 Å². The summed E-state index contributed by atoms with van der Waals surface area (Å²) >= 11 is 17.7.